The zero-order valence-corrected chi connectivity index (χ0v) is 18.4. The summed E-state index contributed by atoms with van der Waals surface area (Å²) in [6.45, 7) is 5.85. The predicted molar refractivity (Wildman–Crippen MR) is 118 cm³/mol. The zero-order valence-electron chi connectivity index (χ0n) is 17.6. The first-order valence-corrected chi connectivity index (χ1v) is 11.5. The molecule has 3 rings (SSSR count). The van der Waals surface area contributed by atoms with Crippen molar-refractivity contribution in [1.82, 2.24) is 9.62 Å². The number of nitro benzene ring substituents is 1. The highest BCUT2D eigenvalue weighted by molar-refractivity contribution is 7.89. The fourth-order valence-corrected chi connectivity index (χ4v) is 4.88. The van der Waals surface area contributed by atoms with Gasteiger partial charge in [0.2, 0.25) is 15.9 Å². The summed E-state index contributed by atoms with van der Waals surface area (Å²) >= 11 is 0. The van der Waals surface area contributed by atoms with Crippen molar-refractivity contribution < 1.29 is 18.1 Å². The van der Waals surface area contributed by atoms with Crippen LogP contribution in [0.15, 0.2) is 47.4 Å². The number of piperazine rings is 1. The molecule has 1 aliphatic heterocycles. The third-order valence-corrected chi connectivity index (χ3v) is 6.93. The average Bonchev–Trinajstić information content (AvgIpc) is 2.75. The molecule has 1 fully saturated rings. The molecule has 1 amide bonds. The Morgan fingerprint density at radius 2 is 1.71 bits per heavy atom. The van der Waals surface area contributed by atoms with Crippen molar-refractivity contribution >= 4 is 27.3 Å². The zero-order chi connectivity index (χ0) is 22.6. The van der Waals surface area contributed by atoms with Crippen molar-refractivity contribution in [2.75, 3.05) is 37.6 Å². The van der Waals surface area contributed by atoms with E-state index in [4.69, 9.17) is 0 Å². The summed E-state index contributed by atoms with van der Waals surface area (Å²) in [6.07, 6.45) is 0.0849. The number of non-ortho nitro benzene ring substituents is 1. The Morgan fingerprint density at radius 3 is 2.32 bits per heavy atom. The highest BCUT2D eigenvalue weighted by Crippen LogP contribution is 2.21. The summed E-state index contributed by atoms with van der Waals surface area (Å²) < 4.78 is 27.6. The minimum atomic E-state index is -3.67. The monoisotopic (exact) mass is 446 g/mol. The molecule has 1 aliphatic rings. The van der Waals surface area contributed by atoms with Gasteiger partial charge in [-0.3, -0.25) is 14.9 Å². The molecule has 0 bridgehead atoms. The quantitative estimate of drug-likeness (QED) is 0.515. The van der Waals surface area contributed by atoms with Crippen LogP contribution in [0.25, 0.3) is 0 Å². The number of nitrogens with zero attached hydrogens (tertiary/aromatic N) is 3. The third kappa shape index (κ3) is 5.59. The Kier molecular flexibility index (Phi) is 6.91. The fraction of sp³-hybridized carbons (Fsp3) is 0.381. The summed E-state index contributed by atoms with van der Waals surface area (Å²) in [4.78, 5) is 26.9. The molecule has 2 aromatic carbocycles. The summed E-state index contributed by atoms with van der Waals surface area (Å²) in [6, 6.07) is 11.6. The van der Waals surface area contributed by atoms with Gasteiger partial charge in [-0.2, -0.15) is 0 Å². The van der Waals surface area contributed by atoms with Gasteiger partial charge in [0.05, 0.1) is 9.82 Å². The maximum atomic E-state index is 12.5. The molecule has 0 saturated carbocycles. The topological polar surface area (TPSA) is 113 Å². The van der Waals surface area contributed by atoms with Crippen molar-refractivity contribution in [2.45, 2.75) is 25.2 Å². The normalized spacial score (nSPS) is 14.5. The Bertz CT molecular complexity index is 1060. The third-order valence-electron chi connectivity index (χ3n) is 5.32. The summed E-state index contributed by atoms with van der Waals surface area (Å²) in [5.41, 5.74) is 2.43. The van der Waals surface area contributed by atoms with Gasteiger partial charge in [0.15, 0.2) is 0 Å². The van der Waals surface area contributed by atoms with Crippen LogP contribution in [0.4, 0.5) is 11.4 Å². The lowest BCUT2D eigenvalue weighted by Gasteiger charge is -2.36. The number of carbonyl (C=O) groups excluding carboxylic acids is 1. The molecule has 0 radical (unpaired) electrons. The van der Waals surface area contributed by atoms with E-state index in [-0.39, 0.29) is 29.5 Å². The number of sulfonamides is 1. The summed E-state index contributed by atoms with van der Waals surface area (Å²) in [7, 11) is -3.67. The SMILES string of the molecule is Cc1ccc(C)c(S(=O)(=O)NCCC(=O)N2CCN(c3ccc([N+](=O)[O-])cc3)CC2)c1. The first kappa shape index (κ1) is 22.7. The highest BCUT2D eigenvalue weighted by Gasteiger charge is 2.23. The molecule has 166 valence electrons. The predicted octanol–water partition coefficient (Wildman–Crippen LogP) is 2.23. The van der Waals surface area contributed by atoms with Crippen LogP contribution in [0.2, 0.25) is 0 Å². The molecule has 31 heavy (non-hydrogen) atoms. The fourth-order valence-electron chi connectivity index (χ4n) is 3.52. The van der Waals surface area contributed by atoms with Gasteiger partial charge in [-0.1, -0.05) is 12.1 Å². The maximum Gasteiger partial charge on any atom is 0.269 e. The molecular formula is C21H26N4O5S. The number of hydrogen-bond acceptors (Lipinski definition) is 6. The van der Waals surface area contributed by atoms with Crippen LogP contribution >= 0.6 is 0 Å². The molecule has 1 N–H and O–H groups in total. The van der Waals surface area contributed by atoms with Crippen molar-refractivity contribution in [3.8, 4) is 0 Å². The number of nitrogens with one attached hydrogen (secondary N) is 1. The Hall–Kier alpha value is -2.98. The lowest BCUT2D eigenvalue weighted by atomic mass is 10.2. The van der Waals surface area contributed by atoms with Crippen LogP contribution in [-0.2, 0) is 14.8 Å². The van der Waals surface area contributed by atoms with E-state index in [1.165, 1.54) is 12.1 Å². The standard InChI is InChI=1S/C21H26N4O5S/c1-16-3-4-17(2)20(15-16)31(29,30)22-10-9-21(26)24-13-11-23(12-14-24)18-5-7-19(8-6-18)25(27)28/h3-8,15,22H,9-14H2,1-2H3. The van der Waals surface area contributed by atoms with Crippen LogP contribution in [0.3, 0.4) is 0 Å². The molecular weight excluding hydrogens is 420 g/mol. The number of aryl methyl sites for hydroxylation is 2. The van der Waals surface area contributed by atoms with Crippen molar-refractivity contribution in [2.24, 2.45) is 0 Å². The maximum absolute atomic E-state index is 12.5. The smallest absolute Gasteiger partial charge is 0.269 e. The van der Waals surface area contributed by atoms with Crippen LogP contribution in [-0.4, -0.2) is 56.9 Å². The molecule has 0 aliphatic carbocycles. The lowest BCUT2D eigenvalue weighted by molar-refractivity contribution is -0.384. The Labute approximate surface area is 181 Å². The number of carbonyl (C=O) groups is 1. The summed E-state index contributed by atoms with van der Waals surface area (Å²) in [5, 5.41) is 10.8. The molecule has 2 aromatic rings. The number of rotatable bonds is 7. The van der Waals surface area contributed by atoms with E-state index in [2.05, 4.69) is 9.62 Å². The second-order valence-corrected chi connectivity index (χ2v) is 9.29. The summed E-state index contributed by atoms with van der Waals surface area (Å²) in [5.74, 6) is -0.105. The van der Waals surface area contributed by atoms with E-state index < -0.39 is 14.9 Å². The Morgan fingerprint density at radius 1 is 1.06 bits per heavy atom. The first-order chi connectivity index (χ1) is 14.7. The first-order valence-electron chi connectivity index (χ1n) is 10.0. The van der Waals surface area contributed by atoms with E-state index in [1.54, 1.807) is 36.1 Å². The molecule has 1 saturated heterocycles. The largest absolute Gasteiger partial charge is 0.368 e. The van der Waals surface area contributed by atoms with Gasteiger partial charge in [0.1, 0.15) is 0 Å². The number of amides is 1. The van der Waals surface area contributed by atoms with Crippen LogP contribution in [0.5, 0.6) is 0 Å². The van der Waals surface area contributed by atoms with Crippen molar-refractivity contribution in [1.29, 1.82) is 0 Å². The second-order valence-electron chi connectivity index (χ2n) is 7.56. The van der Waals surface area contributed by atoms with Crippen LogP contribution < -0.4 is 9.62 Å². The number of hydrogen-bond donors (Lipinski definition) is 1. The molecule has 0 unspecified atom stereocenters. The van der Waals surface area contributed by atoms with E-state index >= 15 is 0 Å². The minimum Gasteiger partial charge on any atom is -0.368 e. The van der Waals surface area contributed by atoms with Gasteiger partial charge in [-0.25, -0.2) is 13.1 Å². The van der Waals surface area contributed by atoms with E-state index in [0.29, 0.717) is 31.7 Å². The van der Waals surface area contributed by atoms with Crippen LogP contribution in [0, 0.1) is 24.0 Å². The molecule has 0 atom stereocenters. The van der Waals surface area contributed by atoms with Crippen molar-refractivity contribution in [3.05, 3.63) is 63.7 Å². The number of benzene rings is 2. The minimum absolute atomic E-state index is 0.0388. The number of nitro groups is 1. The van der Waals surface area contributed by atoms with Gasteiger partial charge in [0.25, 0.3) is 5.69 Å². The van der Waals surface area contributed by atoms with E-state index in [0.717, 1.165) is 11.3 Å². The van der Waals surface area contributed by atoms with Crippen molar-refractivity contribution in [3.63, 3.8) is 0 Å². The number of anilines is 1. The molecule has 0 spiro atoms. The molecule has 0 aromatic heterocycles. The van der Waals surface area contributed by atoms with Gasteiger partial charge in [-0.15, -0.1) is 0 Å². The van der Waals surface area contributed by atoms with Gasteiger partial charge in [-0.05, 0) is 43.2 Å². The van der Waals surface area contributed by atoms with Gasteiger partial charge >= 0.3 is 0 Å². The second kappa shape index (κ2) is 9.44. The van der Waals surface area contributed by atoms with Crippen LogP contribution in [0.1, 0.15) is 17.5 Å². The van der Waals surface area contributed by atoms with E-state index in [9.17, 15) is 23.3 Å². The molecule has 1 heterocycles. The average molecular weight is 447 g/mol. The molecule has 9 nitrogen and oxygen atoms in total. The van der Waals surface area contributed by atoms with Gasteiger partial charge in [0, 0.05) is 57.0 Å². The Balaban J connectivity index is 1.49. The van der Waals surface area contributed by atoms with Gasteiger partial charge < -0.3 is 9.80 Å². The molecule has 10 heteroatoms. The highest BCUT2D eigenvalue weighted by atomic mass is 32.2. The van der Waals surface area contributed by atoms with E-state index in [1.807, 2.05) is 13.0 Å². The lowest BCUT2D eigenvalue weighted by Crippen LogP contribution is -2.49.